The Hall–Kier alpha value is -3.39. The minimum Gasteiger partial charge on any atom is -0.494 e. The van der Waals surface area contributed by atoms with Gasteiger partial charge in [0.2, 0.25) is 0 Å². The van der Waals surface area contributed by atoms with E-state index in [-0.39, 0.29) is 23.7 Å². The number of benzene rings is 2. The third kappa shape index (κ3) is 5.03. The van der Waals surface area contributed by atoms with Gasteiger partial charge in [-0.3, -0.25) is 9.59 Å². The van der Waals surface area contributed by atoms with E-state index in [1.807, 2.05) is 31.2 Å². The van der Waals surface area contributed by atoms with Gasteiger partial charge in [-0.25, -0.2) is 4.98 Å². The van der Waals surface area contributed by atoms with E-state index >= 15 is 0 Å². The van der Waals surface area contributed by atoms with E-state index in [0.29, 0.717) is 48.5 Å². The number of rotatable bonds is 11. The van der Waals surface area contributed by atoms with Crippen molar-refractivity contribution in [1.82, 2.24) is 20.2 Å². The fourth-order valence-corrected chi connectivity index (χ4v) is 4.76. The van der Waals surface area contributed by atoms with Crippen molar-refractivity contribution in [3.8, 4) is 5.75 Å². The quantitative estimate of drug-likeness (QED) is 0.205. The van der Waals surface area contributed by atoms with Gasteiger partial charge in [0, 0.05) is 18.8 Å². The average molecular weight is 496 g/mol. The first-order chi connectivity index (χ1) is 17.0. The van der Waals surface area contributed by atoms with E-state index in [0.717, 1.165) is 35.3 Å². The van der Waals surface area contributed by atoms with Crippen molar-refractivity contribution < 1.29 is 14.3 Å². The third-order valence-electron chi connectivity index (χ3n) is 6.37. The molecule has 1 aliphatic rings. The predicted molar refractivity (Wildman–Crippen MR) is 137 cm³/mol. The molecule has 2 amide bonds. The zero-order chi connectivity index (χ0) is 24.9. The molecule has 35 heavy (non-hydrogen) atoms. The summed E-state index contributed by atoms with van der Waals surface area (Å²) in [6, 6.07) is 10.7. The van der Waals surface area contributed by atoms with Gasteiger partial charge in [-0.1, -0.05) is 24.6 Å². The normalized spacial score (nSPS) is 13.4. The molecular formula is C26H30ClN5O3. The summed E-state index contributed by atoms with van der Waals surface area (Å²) < 4.78 is 7.62. The molecule has 0 fully saturated rings. The van der Waals surface area contributed by atoms with Gasteiger partial charge < -0.3 is 25.3 Å². The third-order valence-corrected chi connectivity index (χ3v) is 6.69. The average Bonchev–Trinajstić information content (AvgIpc) is 3.45. The molecule has 184 valence electrons. The number of halogens is 1. The summed E-state index contributed by atoms with van der Waals surface area (Å²) in [5.74, 6) is 1.11. The highest BCUT2D eigenvalue weighted by Gasteiger charge is 2.28. The minimum absolute atomic E-state index is 0.229. The number of hydrogen-bond acceptors (Lipinski definition) is 5. The van der Waals surface area contributed by atoms with Crippen LogP contribution in [-0.2, 0) is 13.1 Å². The lowest BCUT2D eigenvalue weighted by atomic mass is 10.0. The van der Waals surface area contributed by atoms with E-state index in [4.69, 9.17) is 26.7 Å². The second-order valence-electron chi connectivity index (χ2n) is 8.57. The van der Waals surface area contributed by atoms with Crippen LogP contribution in [0.4, 0.5) is 0 Å². The molecule has 1 aliphatic heterocycles. The number of ether oxygens (including phenoxy) is 1. The first-order valence-electron chi connectivity index (χ1n) is 11.8. The van der Waals surface area contributed by atoms with Crippen LogP contribution in [0.15, 0.2) is 36.4 Å². The molecule has 2 heterocycles. The second kappa shape index (κ2) is 10.9. The SMILES string of the molecule is CCn1c([C@H](CCCCC(=N)CCl)NC(=O)c2cccc3c2C(=O)NC3)nc2c(OC)cccc21. The number of aromatic nitrogens is 2. The van der Waals surface area contributed by atoms with E-state index in [9.17, 15) is 9.59 Å². The number of imidazole rings is 1. The first-order valence-corrected chi connectivity index (χ1v) is 12.4. The van der Waals surface area contributed by atoms with Crippen LogP contribution in [0.5, 0.6) is 5.75 Å². The maximum Gasteiger partial charge on any atom is 0.252 e. The number of carbonyl (C=O) groups is 2. The predicted octanol–water partition coefficient (Wildman–Crippen LogP) is 4.60. The van der Waals surface area contributed by atoms with Crippen molar-refractivity contribution in [3.05, 3.63) is 58.9 Å². The molecule has 9 heteroatoms. The van der Waals surface area contributed by atoms with Crippen molar-refractivity contribution in [1.29, 1.82) is 5.41 Å². The Morgan fingerprint density at radius 3 is 2.83 bits per heavy atom. The molecule has 3 N–H and O–H groups in total. The van der Waals surface area contributed by atoms with Gasteiger partial charge in [-0.15, -0.1) is 11.6 Å². The Morgan fingerprint density at radius 2 is 2.09 bits per heavy atom. The molecule has 0 saturated carbocycles. The Bertz CT molecular complexity index is 1270. The molecule has 0 bridgehead atoms. The summed E-state index contributed by atoms with van der Waals surface area (Å²) in [4.78, 5) is 30.7. The number of amides is 2. The number of methoxy groups -OCH3 is 1. The standard InChI is InChI=1S/C26H30ClN5O3/c1-3-32-20-12-7-13-21(35-2)23(20)31-24(32)19(11-5-4-9-17(28)14-27)30-25(33)18-10-6-8-16-15-29-26(34)22(16)18/h6-8,10,12-13,19,28H,3-5,9,11,14-15H2,1-2H3,(H,29,34)(H,30,33)/t19-/m0/s1. The van der Waals surface area contributed by atoms with Crippen molar-refractivity contribution in [3.63, 3.8) is 0 Å². The fourth-order valence-electron chi connectivity index (χ4n) is 4.63. The lowest BCUT2D eigenvalue weighted by Crippen LogP contribution is -2.32. The molecule has 3 aromatic rings. The zero-order valence-corrected chi connectivity index (χ0v) is 20.7. The van der Waals surface area contributed by atoms with E-state index < -0.39 is 0 Å². The van der Waals surface area contributed by atoms with Crippen LogP contribution in [0.2, 0.25) is 0 Å². The maximum absolute atomic E-state index is 13.5. The van der Waals surface area contributed by atoms with Crippen molar-refractivity contribution in [2.24, 2.45) is 0 Å². The minimum atomic E-state index is -0.384. The summed E-state index contributed by atoms with van der Waals surface area (Å²) in [5.41, 5.74) is 3.81. The van der Waals surface area contributed by atoms with Gasteiger partial charge in [0.1, 0.15) is 17.1 Å². The highest BCUT2D eigenvalue weighted by Crippen LogP contribution is 2.30. The van der Waals surface area contributed by atoms with Crippen LogP contribution < -0.4 is 15.4 Å². The van der Waals surface area contributed by atoms with Crippen LogP contribution in [0.3, 0.4) is 0 Å². The highest BCUT2D eigenvalue weighted by atomic mass is 35.5. The van der Waals surface area contributed by atoms with Gasteiger partial charge in [0.05, 0.1) is 35.7 Å². The summed E-state index contributed by atoms with van der Waals surface area (Å²) in [5, 5.41) is 13.8. The van der Waals surface area contributed by atoms with Crippen LogP contribution in [0, 0.1) is 5.41 Å². The number of nitrogens with zero attached hydrogens (tertiary/aromatic N) is 2. The highest BCUT2D eigenvalue weighted by molar-refractivity contribution is 6.28. The van der Waals surface area contributed by atoms with Crippen LogP contribution in [-0.4, -0.2) is 40.1 Å². The van der Waals surface area contributed by atoms with E-state index in [1.54, 1.807) is 19.2 Å². The lowest BCUT2D eigenvalue weighted by molar-refractivity contribution is 0.0912. The Kier molecular flexibility index (Phi) is 7.70. The largest absolute Gasteiger partial charge is 0.494 e. The van der Waals surface area contributed by atoms with Gasteiger partial charge in [0.25, 0.3) is 11.8 Å². The van der Waals surface area contributed by atoms with Gasteiger partial charge in [-0.05, 0) is 49.9 Å². The maximum atomic E-state index is 13.5. The van der Waals surface area contributed by atoms with Gasteiger partial charge in [0.15, 0.2) is 0 Å². The molecule has 8 nitrogen and oxygen atoms in total. The second-order valence-corrected chi connectivity index (χ2v) is 8.84. The summed E-state index contributed by atoms with van der Waals surface area (Å²) in [6.07, 6.45) is 2.82. The number of hydrogen-bond donors (Lipinski definition) is 3. The topological polar surface area (TPSA) is 109 Å². The molecule has 0 spiro atoms. The van der Waals surface area contributed by atoms with Crippen molar-refractivity contribution in [2.45, 2.75) is 51.7 Å². The van der Waals surface area contributed by atoms with Crippen molar-refractivity contribution >= 4 is 40.2 Å². The Labute approximate surface area is 209 Å². The number of para-hydroxylation sites is 1. The zero-order valence-electron chi connectivity index (χ0n) is 20.0. The van der Waals surface area contributed by atoms with Gasteiger partial charge in [-0.2, -0.15) is 0 Å². The van der Waals surface area contributed by atoms with E-state index in [1.165, 1.54) is 0 Å². The van der Waals surface area contributed by atoms with Crippen LogP contribution in [0.1, 0.15) is 70.8 Å². The lowest BCUT2D eigenvalue weighted by Gasteiger charge is -2.20. The molecule has 1 atom stereocenters. The number of carbonyl (C=O) groups excluding carboxylic acids is 2. The van der Waals surface area contributed by atoms with Crippen LogP contribution in [0.25, 0.3) is 11.0 Å². The number of unbranched alkanes of at least 4 members (excludes halogenated alkanes) is 1. The molecule has 2 aromatic carbocycles. The monoisotopic (exact) mass is 495 g/mol. The molecule has 0 saturated heterocycles. The molecule has 0 radical (unpaired) electrons. The summed E-state index contributed by atoms with van der Waals surface area (Å²) in [7, 11) is 1.62. The molecule has 0 aliphatic carbocycles. The Balaban J connectivity index is 1.67. The van der Waals surface area contributed by atoms with E-state index in [2.05, 4.69) is 15.2 Å². The summed E-state index contributed by atoms with van der Waals surface area (Å²) >= 11 is 5.76. The number of nitrogens with one attached hydrogen (secondary N) is 3. The smallest absolute Gasteiger partial charge is 0.252 e. The Morgan fingerprint density at radius 1 is 1.29 bits per heavy atom. The molecule has 1 aromatic heterocycles. The summed E-state index contributed by atoms with van der Waals surface area (Å²) in [6.45, 7) is 3.14. The number of alkyl halides is 1. The molecular weight excluding hydrogens is 466 g/mol. The first kappa shape index (κ1) is 24.7. The van der Waals surface area contributed by atoms with Gasteiger partial charge >= 0.3 is 0 Å². The molecule has 4 rings (SSSR count). The number of fused-ring (bicyclic) bond motifs is 2. The van der Waals surface area contributed by atoms with Crippen molar-refractivity contribution in [2.75, 3.05) is 13.0 Å². The van der Waals surface area contributed by atoms with Crippen LogP contribution >= 0.6 is 11.6 Å². The number of aryl methyl sites for hydroxylation is 1. The fraction of sp³-hybridized carbons (Fsp3) is 0.385. The molecule has 0 unspecified atom stereocenters.